The number of sulfonamides is 1. The van der Waals surface area contributed by atoms with Crippen molar-refractivity contribution >= 4 is 76.8 Å². The fraction of sp³-hybridized carbons (Fsp3) is 0.0952. The predicted octanol–water partition coefficient (Wildman–Crippen LogP) is 5.63. The molecule has 3 aromatic rings. The van der Waals surface area contributed by atoms with E-state index >= 15 is 0 Å². The van der Waals surface area contributed by atoms with Gasteiger partial charge in [-0.3, -0.25) is 14.9 Å². The van der Waals surface area contributed by atoms with Crippen molar-refractivity contribution < 1.29 is 18.1 Å². The van der Waals surface area contributed by atoms with E-state index in [2.05, 4.69) is 41.9 Å². The fourth-order valence-electron chi connectivity index (χ4n) is 2.74. The molecule has 0 unspecified atom stereocenters. The van der Waals surface area contributed by atoms with Crippen molar-refractivity contribution in [3.05, 3.63) is 90.3 Å². The second-order valence-electron chi connectivity index (χ2n) is 6.72. The van der Waals surface area contributed by atoms with Gasteiger partial charge in [0.15, 0.2) is 0 Å². The summed E-state index contributed by atoms with van der Waals surface area (Å²) in [4.78, 5) is 24.5. The first kappa shape index (κ1) is 26.6. The second-order valence-corrected chi connectivity index (χ2v) is 11.8. The number of nitrogens with one attached hydrogen (secondary N) is 2. The Kier molecular flexibility index (Phi) is 9.13. The van der Waals surface area contributed by atoms with E-state index in [-0.39, 0.29) is 29.2 Å². The second kappa shape index (κ2) is 11.6. The van der Waals surface area contributed by atoms with Gasteiger partial charge in [-0.15, -0.1) is 0 Å². The first-order valence-corrected chi connectivity index (χ1v) is 13.8. The van der Waals surface area contributed by atoms with Crippen LogP contribution in [0.1, 0.15) is 10.4 Å². The molecule has 0 saturated heterocycles. The van der Waals surface area contributed by atoms with Gasteiger partial charge in [0, 0.05) is 43.6 Å². The van der Waals surface area contributed by atoms with Crippen LogP contribution in [0.2, 0.25) is 5.02 Å². The Bertz CT molecular complexity index is 1340. The standard InChI is InChI=1S/C21H16Br2ClN3O5S2/c22-14-2-7-17(23)20(12-14)34(31,32)26-10-9-25-21(28)13-1-8-18(27(29)30)19(11-13)33-16-5-3-15(24)4-6-16/h1-8,11-12,26H,9-10H2,(H,25,28). The molecule has 0 saturated carbocycles. The number of carbonyl (C=O) groups excluding carboxylic acids is 1. The minimum Gasteiger partial charge on any atom is -0.351 e. The molecule has 0 spiro atoms. The Labute approximate surface area is 221 Å². The van der Waals surface area contributed by atoms with Crippen LogP contribution in [0.4, 0.5) is 5.69 Å². The third kappa shape index (κ3) is 7.03. The van der Waals surface area contributed by atoms with Crippen molar-refractivity contribution in [1.29, 1.82) is 0 Å². The Morgan fingerprint density at radius 1 is 1.03 bits per heavy atom. The number of nitro groups is 1. The third-order valence-corrected chi connectivity index (χ3v) is 8.60. The molecule has 2 N–H and O–H groups in total. The van der Waals surface area contributed by atoms with E-state index in [1.54, 1.807) is 36.4 Å². The quantitative estimate of drug-likeness (QED) is 0.176. The van der Waals surface area contributed by atoms with E-state index < -0.39 is 20.9 Å². The maximum Gasteiger partial charge on any atom is 0.283 e. The predicted molar refractivity (Wildman–Crippen MR) is 138 cm³/mol. The number of halogens is 3. The van der Waals surface area contributed by atoms with Gasteiger partial charge in [-0.1, -0.05) is 39.3 Å². The maximum absolute atomic E-state index is 12.6. The van der Waals surface area contributed by atoms with Crippen LogP contribution in [-0.2, 0) is 10.0 Å². The Balaban J connectivity index is 1.66. The highest BCUT2D eigenvalue weighted by Gasteiger charge is 2.19. The fourth-order valence-corrected chi connectivity index (χ4v) is 6.36. The van der Waals surface area contributed by atoms with Crippen molar-refractivity contribution in [2.24, 2.45) is 0 Å². The number of carbonyl (C=O) groups is 1. The average molecular weight is 650 g/mol. The minimum atomic E-state index is -3.80. The van der Waals surface area contributed by atoms with Gasteiger partial charge in [0.1, 0.15) is 0 Å². The zero-order valence-corrected chi connectivity index (χ0v) is 22.7. The van der Waals surface area contributed by atoms with Crippen LogP contribution in [-0.4, -0.2) is 32.3 Å². The van der Waals surface area contributed by atoms with E-state index in [1.165, 1.54) is 24.3 Å². The molecule has 0 fully saturated rings. The summed E-state index contributed by atoms with van der Waals surface area (Å²) in [6.45, 7) is -0.0350. The van der Waals surface area contributed by atoms with E-state index in [9.17, 15) is 23.3 Å². The van der Waals surface area contributed by atoms with Gasteiger partial charge in [0.25, 0.3) is 11.6 Å². The first-order valence-electron chi connectivity index (χ1n) is 9.51. The smallest absolute Gasteiger partial charge is 0.283 e. The number of hydrogen-bond donors (Lipinski definition) is 2. The molecule has 0 aliphatic heterocycles. The highest BCUT2D eigenvalue weighted by Crippen LogP contribution is 2.36. The molecular formula is C21H16Br2ClN3O5S2. The van der Waals surface area contributed by atoms with E-state index in [1.807, 2.05) is 0 Å². The summed E-state index contributed by atoms with van der Waals surface area (Å²) in [5.74, 6) is -0.490. The normalized spacial score (nSPS) is 11.3. The average Bonchev–Trinajstić information content (AvgIpc) is 2.79. The van der Waals surface area contributed by atoms with Gasteiger partial charge in [0.2, 0.25) is 10.0 Å². The molecule has 0 heterocycles. The van der Waals surface area contributed by atoms with Crippen LogP contribution in [0.15, 0.2) is 84.3 Å². The van der Waals surface area contributed by atoms with Gasteiger partial charge in [-0.2, -0.15) is 0 Å². The minimum absolute atomic E-state index is 0.0142. The lowest BCUT2D eigenvalue weighted by molar-refractivity contribution is -0.387. The molecule has 0 aromatic heterocycles. The lowest BCUT2D eigenvalue weighted by atomic mass is 10.2. The number of rotatable bonds is 9. The molecule has 178 valence electrons. The van der Waals surface area contributed by atoms with Gasteiger partial charge in [0.05, 0.1) is 14.7 Å². The number of hydrogen-bond acceptors (Lipinski definition) is 6. The molecule has 0 radical (unpaired) electrons. The molecule has 3 rings (SSSR count). The zero-order chi connectivity index (χ0) is 24.9. The summed E-state index contributed by atoms with van der Waals surface area (Å²) in [5, 5.41) is 14.6. The monoisotopic (exact) mass is 647 g/mol. The molecule has 34 heavy (non-hydrogen) atoms. The highest BCUT2D eigenvalue weighted by atomic mass is 79.9. The molecule has 0 aliphatic carbocycles. The van der Waals surface area contributed by atoms with Crippen molar-refractivity contribution in [3.8, 4) is 0 Å². The van der Waals surface area contributed by atoms with Crippen molar-refractivity contribution in [3.63, 3.8) is 0 Å². The molecule has 8 nitrogen and oxygen atoms in total. The van der Waals surface area contributed by atoms with Crippen molar-refractivity contribution in [1.82, 2.24) is 10.0 Å². The Morgan fingerprint density at radius 2 is 1.74 bits per heavy atom. The number of benzene rings is 3. The van der Waals surface area contributed by atoms with Crippen LogP contribution >= 0.6 is 55.2 Å². The van der Waals surface area contributed by atoms with Crippen LogP contribution < -0.4 is 10.0 Å². The summed E-state index contributed by atoms with van der Waals surface area (Å²) in [6, 6.07) is 15.6. The van der Waals surface area contributed by atoms with Crippen LogP contribution in [0, 0.1) is 10.1 Å². The third-order valence-electron chi connectivity index (χ3n) is 4.35. The Morgan fingerprint density at radius 3 is 2.41 bits per heavy atom. The number of amides is 1. The summed E-state index contributed by atoms with van der Waals surface area (Å²) in [6.07, 6.45) is 0. The van der Waals surface area contributed by atoms with Crippen LogP contribution in [0.3, 0.4) is 0 Å². The van der Waals surface area contributed by atoms with Gasteiger partial charge < -0.3 is 5.32 Å². The molecular weight excluding hydrogens is 634 g/mol. The lowest BCUT2D eigenvalue weighted by Gasteiger charge is -2.10. The topological polar surface area (TPSA) is 118 Å². The summed E-state index contributed by atoms with van der Waals surface area (Å²) in [7, 11) is -3.80. The summed E-state index contributed by atoms with van der Waals surface area (Å²) in [5.41, 5.74) is 0.0727. The lowest BCUT2D eigenvalue weighted by Crippen LogP contribution is -2.34. The van der Waals surface area contributed by atoms with Crippen LogP contribution in [0.25, 0.3) is 0 Å². The Hall–Kier alpha value is -1.96. The van der Waals surface area contributed by atoms with E-state index in [4.69, 9.17) is 11.6 Å². The first-order chi connectivity index (χ1) is 16.1. The van der Waals surface area contributed by atoms with E-state index in [0.717, 1.165) is 16.7 Å². The van der Waals surface area contributed by atoms with Gasteiger partial charge >= 0.3 is 0 Å². The largest absolute Gasteiger partial charge is 0.351 e. The van der Waals surface area contributed by atoms with Crippen molar-refractivity contribution in [2.75, 3.05) is 13.1 Å². The molecule has 3 aromatic carbocycles. The maximum atomic E-state index is 12.6. The summed E-state index contributed by atoms with van der Waals surface area (Å²) >= 11 is 13.5. The number of nitro benzene ring substituents is 1. The summed E-state index contributed by atoms with van der Waals surface area (Å²) < 4.78 is 28.5. The van der Waals surface area contributed by atoms with Crippen LogP contribution in [0.5, 0.6) is 0 Å². The highest BCUT2D eigenvalue weighted by molar-refractivity contribution is 9.11. The van der Waals surface area contributed by atoms with E-state index in [0.29, 0.717) is 18.9 Å². The molecule has 13 heteroatoms. The molecule has 0 atom stereocenters. The molecule has 1 amide bonds. The number of nitrogens with zero attached hydrogens (tertiary/aromatic N) is 1. The zero-order valence-electron chi connectivity index (χ0n) is 17.1. The molecule has 0 bridgehead atoms. The molecule has 0 aliphatic rings. The van der Waals surface area contributed by atoms with Crippen molar-refractivity contribution in [2.45, 2.75) is 14.7 Å². The SMILES string of the molecule is O=C(NCCNS(=O)(=O)c1cc(Br)ccc1Br)c1ccc([N+](=O)[O-])c(Sc2ccc(Cl)cc2)c1. The van der Waals surface area contributed by atoms with Gasteiger partial charge in [-0.25, -0.2) is 13.1 Å². The van der Waals surface area contributed by atoms with Gasteiger partial charge in [-0.05, 0) is 70.5 Å².